The molecule has 0 amide bonds. The fourth-order valence-corrected chi connectivity index (χ4v) is 1.97. The van der Waals surface area contributed by atoms with Gasteiger partial charge in [0.2, 0.25) is 0 Å². The normalized spacial score (nSPS) is 24.8. The highest BCUT2D eigenvalue weighted by Gasteiger charge is 2.33. The molecule has 86 valence electrons. The number of aromatic carboxylic acids is 1. The van der Waals surface area contributed by atoms with Crippen LogP contribution in [0.5, 0.6) is 0 Å². The first-order valence-corrected chi connectivity index (χ1v) is 5.14. The number of carboxylic acid groups (broad SMARTS) is 1. The minimum Gasteiger partial charge on any atom is -0.478 e. The van der Waals surface area contributed by atoms with E-state index in [-0.39, 0.29) is 5.56 Å². The lowest BCUT2D eigenvalue weighted by Crippen LogP contribution is -2.30. The van der Waals surface area contributed by atoms with E-state index in [4.69, 9.17) is 5.11 Å². The van der Waals surface area contributed by atoms with Gasteiger partial charge in [0.15, 0.2) is 0 Å². The summed E-state index contributed by atoms with van der Waals surface area (Å²) in [4.78, 5) is 16.8. The van der Waals surface area contributed by atoms with Crippen molar-refractivity contribution in [3.63, 3.8) is 0 Å². The zero-order valence-electron chi connectivity index (χ0n) is 9.05. The molecule has 2 rings (SSSR count). The van der Waals surface area contributed by atoms with Crippen LogP contribution in [-0.2, 0) is 0 Å². The Labute approximate surface area is 93.3 Å². The number of nitrogens with zero attached hydrogens (tertiary/aromatic N) is 2. The lowest BCUT2D eigenvalue weighted by Gasteiger charge is -2.21. The number of rotatable bonds is 2. The number of pyridine rings is 1. The van der Waals surface area contributed by atoms with Gasteiger partial charge in [0.25, 0.3) is 0 Å². The highest BCUT2D eigenvalue weighted by molar-refractivity contribution is 5.94. The molecule has 1 aliphatic heterocycles. The minimum absolute atomic E-state index is 0.229. The molecule has 0 saturated carbocycles. The molecule has 1 unspecified atom stereocenters. The predicted octanol–water partition coefficient (Wildman–Crippen LogP) is 0.741. The summed E-state index contributed by atoms with van der Waals surface area (Å²) >= 11 is 0. The average Bonchev–Trinajstić information content (AvgIpc) is 2.59. The van der Waals surface area contributed by atoms with Crippen LogP contribution >= 0.6 is 0 Å². The second-order valence-electron chi connectivity index (χ2n) is 4.37. The van der Waals surface area contributed by atoms with Crippen molar-refractivity contribution in [2.45, 2.75) is 18.9 Å². The van der Waals surface area contributed by atoms with E-state index in [1.807, 2.05) is 4.90 Å². The van der Waals surface area contributed by atoms with E-state index >= 15 is 0 Å². The van der Waals surface area contributed by atoms with Crippen LogP contribution in [0.25, 0.3) is 0 Å². The summed E-state index contributed by atoms with van der Waals surface area (Å²) in [6, 6.07) is 1.48. The maximum atomic E-state index is 11.0. The van der Waals surface area contributed by atoms with E-state index < -0.39 is 11.6 Å². The first-order valence-electron chi connectivity index (χ1n) is 5.14. The Morgan fingerprint density at radius 3 is 2.94 bits per heavy atom. The van der Waals surface area contributed by atoms with Gasteiger partial charge in [0.1, 0.15) is 0 Å². The quantitative estimate of drug-likeness (QED) is 0.772. The summed E-state index contributed by atoms with van der Waals surface area (Å²) in [5.41, 5.74) is 0.0616. The van der Waals surface area contributed by atoms with E-state index in [2.05, 4.69) is 4.98 Å². The van der Waals surface area contributed by atoms with Crippen molar-refractivity contribution in [1.29, 1.82) is 0 Å². The Kier molecular flexibility index (Phi) is 2.55. The van der Waals surface area contributed by atoms with Gasteiger partial charge in [-0.3, -0.25) is 4.98 Å². The fourth-order valence-electron chi connectivity index (χ4n) is 1.97. The van der Waals surface area contributed by atoms with Gasteiger partial charge in [-0.05, 0) is 19.4 Å². The molecule has 1 atom stereocenters. The molecule has 0 radical (unpaired) electrons. The Bertz CT molecular complexity index is 417. The van der Waals surface area contributed by atoms with E-state index in [9.17, 15) is 9.90 Å². The van der Waals surface area contributed by atoms with Crippen LogP contribution < -0.4 is 4.90 Å². The molecule has 2 N–H and O–H groups in total. The fraction of sp³-hybridized carbons (Fsp3) is 0.455. The van der Waals surface area contributed by atoms with Gasteiger partial charge >= 0.3 is 5.97 Å². The molecule has 0 bridgehead atoms. The number of hydrogen-bond donors (Lipinski definition) is 2. The molecule has 2 heterocycles. The summed E-state index contributed by atoms with van der Waals surface area (Å²) in [6.45, 7) is 2.85. The SMILES string of the molecule is CC1(O)CCN(c2cnccc2C(=O)O)C1. The lowest BCUT2D eigenvalue weighted by atomic mass is 10.1. The largest absolute Gasteiger partial charge is 0.478 e. The average molecular weight is 222 g/mol. The molecule has 0 aromatic carbocycles. The van der Waals surface area contributed by atoms with E-state index in [0.29, 0.717) is 25.2 Å². The number of carbonyl (C=O) groups is 1. The van der Waals surface area contributed by atoms with Gasteiger partial charge in [-0.1, -0.05) is 0 Å². The third-order valence-corrected chi connectivity index (χ3v) is 2.82. The van der Waals surface area contributed by atoms with Crippen LogP contribution in [0, 0.1) is 0 Å². The van der Waals surface area contributed by atoms with Gasteiger partial charge < -0.3 is 15.1 Å². The molecule has 1 saturated heterocycles. The lowest BCUT2D eigenvalue weighted by molar-refractivity contribution is 0.0695. The van der Waals surface area contributed by atoms with Crippen LogP contribution in [0.1, 0.15) is 23.7 Å². The van der Waals surface area contributed by atoms with Crippen molar-refractivity contribution in [2.75, 3.05) is 18.0 Å². The smallest absolute Gasteiger partial charge is 0.337 e. The summed E-state index contributed by atoms with van der Waals surface area (Å²) in [6.07, 6.45) is 3.63. The summed E-state index contributed by atoms with van der Waals surface area (Å²) in [5.74, 6) is -0.969. The second-order valence-corrected chi connectivity index (χ2v) is 4.37. The highest BCUT2D eigenvalue weighted by Crippen LogP contribution is 2.28. The zero-order valence-corrected chi connectivity index (χ0v) is 9.05. The number of hydrogen-bond acceptors (Lipinski definition) is 4. The molecule has 1 aromatic heterocycles. The van der Waals surface area contributed by atoms with E-state index in [1.54, 1.807) is 6.92 Å². The van der Waals surface area contributed by atoms with Crippen molar-refractivity contribution in [2.24, 2.45) is 0 Å². The van der Waals surface area contributed by atoms with E-state index in [1.165, 1.54) is 18.5 Å². The minimum atomic E-state index is -0.969. The summed E-state index contributed by atoms with van der Waals surface area (Å²) < 4.78 is 0. The summed E-state index contributed by atoms with van der Waals surface area (Å²) in [7, 11) is 0. The van der Waals surface area contributed by atoms with Gasteiger partial charge in [-0.15, -0.1) is 0 Å². The molecule has 0 aliphatic carbocycles. The standard InChI is InChI=1S/C11H14N2O3/c1-11(16)3-5-13(7-11)9-6-12-4-2-8(9)10(14)15/h2,4,6,16H,3,5,7H2,1H3,(H,14,15). The third-order valence-electron chi connectivity index (χ3n) is 2.82. The van der Waals surface area contributed by atoms with Crippen LogP contribution in [-0.4, -0.2) is 39.9 Å². The van der Waals surface area contributed by atoms with Gasteiger partial charge in [-0.25, -0.2) is 4.79 Å². The number of aromatic nitrogens is 1. The maximum absolute atomic E-state index is 11.0. The van der Waals surface area contributed by atoms with Crippen molar-refractivity contribution in [1.82, 2.24) is 4.98 Å². The number of β-amino-alcohol motifs (C(OH)–C–C–N with tert-alkyl or cyclic N) is 1. The maximum Gasteiger partial charge on any atom is 0.337 e. The Balaban J connectivity index is 2.31. The van der Waals surface area contributed by atoms with Gasteiger partial charge in [0.05, 0.1) is 23.0 Å². The Hall–Kier alpha value is -1.62. The van der Waals surface area contributed by atoms with Gasteiger partial charge in [0, 0.05) is 19.3 Å². The molecule has 1 fully saturated rings. The number of carboxylic acids is 1. The van der Waals surface area contributed by atoms with Crippen LogP contribution in [0.2, 0.25) is 0 Å². The molecular weight excluding hydrogens is 208 g/mol. The highest BCUT2D eigenvalue weighted by atomic mass is 16.4. The molecular formula is C11H14N2O3. The van der Waals surface area contributed by atoms with Crippen molar-refractivity contribution in [3.8, 4) is 0 Å². The third kappa shape index (κ3) is 1.99. The monoisotopic (exact) mass is 222 g/mol. The Morgan fingerprint density at radius 1 is 1.62 bits per heavy atom. The molecule has 5 nitrogen and oxygen atoms in total. The predicted molar refractivity (Wildman–Crippen MR) is 58.7 cm³/mol. The number of aliphatic hydroxyl groups is 1. The van der Waals surface area contributed by atoms with E-state index in [0.717, 1.165) is 0 Å². The molecule has 5 heteroatoms. The molecule has 16 heavy (non-hydrogen) atoms. The Morgan fingerprint density at radius 2 is 2.38 bits per heavy atom. The zero-order chi connectivity index (χ0) is 11.8. The van der Waals surface area contributed by atoms with Crippen molar-refractivity contribution >= 4 is 11.7 Å². The van der Waals surface area contributed by atoms with Crippen LogP contribution in [0.15, 0.2) is 18.5 Å². The molecule has 0 spiro atoms. The topological polar surface area (TPSA) is 73.7 Å². The summed E-state index contributed by atoms with van der Waals surface area (Å²) in [5, 5.41) is 18.9. The first kappa shape index (κ1) is 10.9. The van der Waals surface area contributed by atoms with Gasteiger partial charge in [-0.2, -0.15) is 0 Å². The molecule has 1 aromatic rings. The first-order chi connectivity index (χ1) is 7.49. The van der Waals surface area contributed by atoms with Crippen molar-refractivity contribution < 1.29 is 15.0 Å². The van der Waals surface area contributed by atoms with Crippen LogP contribution in [0.4, 0.5) is 5.69 Å². The molecule has 1 aliphatic rings. The number of anilines is 1. The van der Waals surface area contributed by atoms with Crippen molar-refractivity contribution in [3.05, 3.63) is 24.0 Å². The van der Waals surface area contributed by atoms with Crippen LogP contribution in [0.3, 0.4) is 0 Å². The second kappa shape index (κ2) is 3.75.